The lowest BCUT2D eigenvalue weighted by atomic mass is 10.1. The zero-order valence-electron chi connectivity index (χ0n) is 15.9. The van der Waals surface area contributed by atoms with Crippen molar-refractivity contribution in [1.82, 2.24) is 4.90 Å². The maximum absolute atomic E-state index is 13.1. The van der Waals surface area contributed by atoms with E-state index in [2.05, 4.69) is 4.99 Å². The number of carbonyl (C=O) groups is 1. The molecular weight excluding hydrogens is 400 g/mol. The average molecular weight is 421 g/mol. The lowest BCUT2D eigenvalue weighted by Gasteiger charge is -2.20. The second-order valence-corrected chi connectivity index (χ2v) is 7.33. The summed E-state index contributed by atoms with van der Waals surface area (Å²) < 4.78 is 16.0. The number of rotatable bonds is 6. The molecular formula is C20H21ClN2O4S. The highest BCUT2D eigenvalue weighted by molar-refractivity contribution is 8.13. The van der Waals surface area contributed by atoms with Crippen LogP contribution in [0.2, 0.25) is 5.02 Å². The molecule has 0 fully saturated rings. The topological polar surface area (TPSA) is 60.4 Å². The minimum absolute atomic E-state index is 0.154. The van der Waals surface area contributed by atoms with Gasteiger partial charge in [0.05, 0.1) is 27.9 Å². The second-order valence-electron chi connectivity index (χ2n) is 5.95. The van der Waals surface area contributed by atoms with Crippen LogP contribution in [0.5, 0.6) is 17.2 Å². The van der Waals surface area contributed by atoms with E-state index in [0.717, 1.165) is 5.56 Å². The normalized spacial score (nSPS) is 13.3. The van der Waals surface area contributed by atoms with Gasteiger partial charge in [0.1, 0.15) is 0 Å². The standard InChI is InChI=1S/C20H21ClN2O4S/c1-25-16-10-14(11-17(26-2)18(16)27-3)19(24)23-9-8-22-20(23)28-12-13-4-6-15(21)7-5-13/h4-7,10-11H,8-9,12H2,1-3H3. The number of ether oxygens (including phenoxy) is 3. The summed E-state index contributed by atoms with van der Waals surface area (Å²) in [4.78, 5) is 19.3. The van der Waals surface area contributed by atoms with Gasteiger partial charge < -0.3 is 14.2 Å². The first kappa shape index (κ1) is 20.4. The van der Waals surface area contributed by atoms with Crippen LogP contribution in [0.4, 0.5) is 0 Å². The van der Waals surface area contributed by atoms with Crippen LogP contribution in [0.15, 0.2) is 41.4 Å². The Balaban J connectivity index is 1.77. The SMILES string of the molecule is COc1cc(C(=O)N2CCN=C2SCc2ccc(Cl)cc2)cc(OC)c1OC. The van der Waals surface area contributed by atoms with Crippen molar-refractivity contribution in [1.29, 1.82) is 0 Å². The molecule has 1 heterocycles. The van der Waals surface area contributed by atoms with Gasteiger partial charge >= 0.3 is 0 Å². The molecule has 3 rings (SSSR count). The molecule has 0 saturated carbocycles. The van der Waals surface area contributed by atoms with E-state index in [1.165, 1.54) is 33.1 Å². The molecule has 6 nitrogen and oxygen atoms in total. The van der Waals surface area contributed by atoms with E-state index in [9.17, 15) is 4.79 Å². The summed E-state index contributed by atoms with van der Waals surface area (Å²) in [6.45, 7) is 1.12. The quantitative estimate of drug-likeness (QED) is 0.703. The summed E-state index contributed by atoms with van der Waals surface area (Å²) in [6, 6.07) is 11.0. The van der Waals surface area contributed by atoms with Crippen molar-refractivity contribution in [2.45, 2.75) is 5.75 Å². The van der Waals surface area contributed by atoms with Crippen LogP contribution in [-0.4, -0.2) is 50.4 Å². The van der Waals surface area contributed by atoms with Crippen molar-refractivity contribution in [3.05, 3.63) is 52.5 Å². The third-order valence-corrected chi connectivity index (χ3v) is 5.58. The Morgan fingerprint density at radius 3 is 2.32 bits per heavy atom. The lowest BCUT2D eigenvalue weighted by Crippen LogP contribution is -2.32. The monoisotopic (exact) mass is 420 g/mol. The number of amides is 1. The molecule has 2 aromatic rings. The molecule has 1 aliphatic heterocycles. The first-order chi connectivity index (χ1) is 13.6. The highest BCUT2D eigenvalue weighted by Gasteiger charge is 2.27. The number of benzene rings is 2. The minimum Gasteiger partial charge on any atom is -0.493 e. The fourth-order valence-electron chi connectivity index (χ4n) is 2.83. The molecule has 0 unspecified atom stereocenters. The predicted octanol–water partition coefficient (Wildman–Crippen LogP) is 4.11. The van der Waals surface area contributed by atoms with Gasteiger partial charge in [0, 0.05) is 22.9 Å². The van der Waals surface area contributed by atoms with Crippen molar-refractivity contribution in [3.63, 3.8) is 0 Å². The number of hydrogen-bond donors (Lipinski definition) is 0. The fourth-order valence-corrected chi connectivity index (χ4v) is 3.95. The van der Waals surface area contributed by atoms with E-state index in [-0.39, 0.29) is 5.91 Å². The minimum atomic E-state index is -0.154. The molecule has 148 valence electrons. The first-order valence-corrected chi connectivity index (χ1v) is 9.97. The number of carbonyl (C=O) groups excluding carboxylic acids is 1. The summed E-state index contributed by atoms with van der Waals surface area (Å²) in [5.74, 6) is 1.89. The van der Waals surface area contributed by atoms with E-state index in [1.54, 1.807) is 17.0 Å². The Labute approximate surface area is 173 Å². The van der Waals surface area contributed by atoms with E-state index < -0.39 is 0 Å². The molecule has 2 aromatic carbocycles. The Hall–Kier alpha value is -2.38. The van der Waals surface area contributed by atoms with Gasteiger partial charge in [0.15, 0.2) is 16.7 Å². The van der Waals surface area contributed by atoms with Crippen molar-refractivity contribution in [2.24, 2.45) is 4.99 Å². The van der Waals surface area contributed by atoms with Gasteiger partial charge in [-0.25, -0.2) is 0 Å². The fraction of sp³-hybridized carbons (Fsp3) is 0.300. The average Bonchev–Trinajstić information content (AvgIpc) is 3.20. The third-order valence-electron chi connectivity index (χ3n) is 4.24. The summed E-state index contributed by atoms with van der Waals surface area (Å²) in [7, 11) is 4.58. The maximum atomic E-state index is 13.1. The number of nitrogens with zero attached hydrogens (tertiary/aromatic N) is 2. The molecule has 0 spiro atoms. The Bertz CT molecular complexity index is 861. The van der Waals surface area contributed by atoms with E-state index in [1.807, 2.05) is 24.3 Å². The van der Waals surface area contributed by atoms with Crippen LogP contribution in [-0.2, 0) is 5.75 Å². The summed E-state index contributed by atoms with van der Waals surface area (Å²) in [5.41, 5.74) is 1.57. The smallest absolute Gasteiger partial charge is 0.260 e. The van der Waals surface area contributed by atoms with Crippen LogP contribution in [0, 0.1) is 0 Å². The van der Waals surface area contributed by atoms with Crippen molar-refractivity contribution < 1.29 is 19.0 Å². The second kappa shape index (κ2) is 9.21. The molecule has 0 atom stereocenters. The Morgan fingerprint density at radius 1 is 1.11 bits per heavy atom. The van der Waals surface area contributed by atoms with Gasteiger partial charge in [0.2, 0.25) is 5.75 Å². The highest BCUT2D eigenvalue weighted by Crippen LogP contribution is 2.38. The zero-order chi connectivity index (χ0) is 20.1. The van der Waals surface area contributed by atoms with Gasteiger partial charge in [-0.2, -0.15) is 0 Å². The van der Waals surface area contributed by atoms with Crippen LogP contribution < -0.4 is 14.2 Å². The van der Waals surface area contributed by atoms with Gasteiger partial charge in [-0.05, 0) is 29.8 Å². The Morgan fingerprint density at radius 2 is 1.75 bits per heavy atom. The number of halogens is 1. The van der Waals surface area contributed by atoms with Crippen LogP contribution in [0.25, 0.3) is 0 Å². The molecule has 28 heavy (non-hydrogen) atoms. The van der Waals surface area contributed by atoms with E-state index >= 15 is 0 Å². The van der Waals surface area contributed by atoms with Gasteiger partial charge in [0.25, 0.3) is 5.91 Å². The van der Waals surface area contributed by atoms with Crippen LogP contribution in [0.1, 0.15) is 15.9 Å². The van der Waals surface area contributed by atoms with Crippen molar-refractivity contribution in [3.8, 4) is 17.2 Å². The number of thioether (sulfide) groups is 1. The first-order valence-electron chi connectivity index (χ1n) is 8.61. The van der Waals surface area contributed by atoms with E-state index in [4.69, 9.17) is 25.8 Å². The molecule has 8 heteroatoms. The van der Waals surface area contributed by atoms with Gasteiger partial charge in [-0.15, -0.1) is 0 Å². The molecule has 0 aliphatic carbocycles. The number of methoxy groups -OCH3 is 3. The number of hydrogen-bond acceptors (Lipinski definition) is 6. The largest absolute Gasteiger partial charge is 0.493 e. The van der Waals surface area contributed by atoms with Gasteiger partial charge in [-0.1, -0.05) is 35.5 Å². The lowest BCUT2D eigenvalue weighted by molar-refractivity contribution is 0.0860. The van der Waals surface area contributed by atoms with E-state index in [0.29, 0.717) is 51.8 Å². The van der Waals surface area contributed by atoms with Crippen molar-refractivity contribution in [2.75, 3.05) is 34.4 Å². The molecule has 0 aromatic heterocycles. The summed E-state index contributed by atoms with van der Waals surface area (Å²) in [6.07, 6.45) is 0. The third kappa shape index (κ3) is 4.36. The summed E-state index contributed by atoms with van der Waals surface area (Å²) in [5, 5.41) is 1.40. The molecule has 0 radical (unpaired) electrons. The van der Waals surface area contributed by atoms with Crippen LogP contribution >= 0.6 is 23.4 Å². The zero-order valence-corrected chi connectivity index (χ0v) is 17.5. The molecule has 0 bridgehead atoms. The maximum Gasteiger partial charge on any atom is 0.260 e. The molecule has 1 aliphatic rings. The molecule has 0 N–H and O–H groups in total. The predicted molar refractivity (Wildman–Crippen MR) is 112 cm³/mol. The number of amidine groups is 1. The molecule has 0 saturated heterocycles. The Kier molecular flexibility index (Phi) is 6.70. The van der Waals surface area contributed by atoms with Gasteiger partial charge in [-0.3, -0.25) is 14.7 Å². The van der Waals surface area contributed by atoms with Crippen molar-refractivity contribution >= 4 is 34.4 Å². The number of aliphatic imine (C=N–C) groups is 1. The summed E-state index contributed by atoms with van der Waals surface area (Å²) >= 11 is 7.46. The highest BCUT2D eigenvalue weighted by atomic mass is 35.5. The van der Waals surface area contributed by atoms with Crippen LogP contribution in [0.3, 0.4) is 0 Å². The molecule has 1 amide bonds.